The zero-order chi connectivity index (χ0) is 13.4. The average Bonchev–Trinajstić information content (AvgIpc) is 2.25. The van der Waals surface area contributed by atoms with Gasteiger partial charge in [-0.2, -0.15) is 0 Å². The molecule has 0 aromatic rings. The van der Waals surface area contributed by atoms with Crippen LogP contribution in [-0.2, 0) is 9.47 Å². The van der Waals surface area contributed by atoms with Gasteiger partial charge in [0.2, 0.25) is 0 Å². The van der Waals surface area contributed by atoms with Crippen molar-refractivity contribution in [2.75, 3.05) is 0 Å². The fourth-order valence-electron chi connectivity index (χ4n) is 2.92. The van der Waals surface area contributed by atoms with Crippen LogP contribution < -0.4 is 0 Å². The van der Waals surface area contributed by atoms with Crippen molar-refractivity contribution in [2.45, 2.75) is 103 Å². The van der Waals surface area contributed by atoms with Gasteiger partial charge >= 0.3 is 0 Å². The number of rotatable bonds is 4. The zero-order valence-corrected chi connectivity index (χ0v) is 12.8. The average molecular weight is 256 g/mol. The molecular weight excluding hydrogens is 224 g/mol. The van der Waals surface area contributed by atoms with Crippen LogP contribution in [0.4, 0.5) is 0 Å². The zero-order valence-electron chi connectivity index (χ0n) is 12.8. The molecule has 0 radical (unpaired) electrons. The van der Waals surface area contributed by atoms with Gasteiger partial charge in [-0.25, -0.2) is 0 Å². The van der Waals surface area contributed by atoms with Crippen LogP contribution in [0.2, 0.25) is 0 Å². The van der Waals surface area contributed by atoms with Gasteiger partial charge in [-0.1, -0.05) is 32.1 Å². The summed E-state index contributed by atoms with van der Waals surface area (Å²) in [4.78, 5) is 0. The first-order valence-electron chi connectivity index (χ1n) is 7.90. The maximum atomic E-state index is 6.20. The van der Waals surface area contributed by atoms with E-state index in [1.54, 1.807) is 0 Å². The highest BCUT2D eigenvalue weighted by Gasteiger charge is 2.33. The van der Waals surface area contributed by atoms with E-state index in [0.29, 0.717) is 0 Å². The maximum Gasteiger partial charge on any atom is 0.168 e. The van der Waals surface area contributed by atoms with E-state index in [1.165, 1.54) is 44.9 Å². The van der Waals surface area contributed by atoms with Gasteiger partial charge in [-0.05, 0) is 40.5 Å². The molecule has 0 aliphatic heterocycles. The SMILES string of the molecule is CC(C)OC1(OC(C)C)CCCCCCCCC1. The molecule has 0 spiro atoms. The van der Waals surface area contributed by atoms with Gasteiger partial charge in [0.1, 0.15) is 0 Å². The first-order valence-corrected chi connectivity index (χ1v) is 7.90. The molecule has 1 rings (SSSR count). The third kappa shape index (κ3) is 6.19. The van der Waals surface area contributed by atoms with E-state index in [0.717, 1.165) is 12.8 Å². The second-order valence-corrected chi connectivity index (χ2v) is 6.22. The third-order valence-electron chi connectivity index (χ3n) is 3.52. The third-order valence-corrected chi connectivity index (χ3v) is 3.52. The highest BCUT2D eigenvalue weighted by molar-refractivity contribution is 4.74. The van der Waals surface area contributed by atoms with E-state index >= 15 is 0 Å². The lowest BCUT2D eigenvalue weighted by atomic mass is 9.96. The summed E-state index contributed by atoms with van der Waals surface area (Å²) < 4.78 is 12.4. The van der Waals surface area contributed by atoms with Gasteiger partial charge in [0, 0.05) is 12.8 Å². The Morgan fingerprint density at radius 2 is 0.944 bits per heavy atom. The summed E-state index contributed by atoms with van der Waals surface area (Å²) >= 11 is 0. The molecule has 0 bridgehead atoms. The Bertz CT molecular complexity index is 189. The van der Waals surface area contributed by atoms with Crippen LogP contribution in [0, 0.1) is 0 Å². The number of hydrogen-bond acceptors (Lipinski definition) is 2. The number of ether oxygens (including phenoxy) is 2. The summed E-state index contributed by atoms with van der Waals surface area (Å²) in [5.74, 6) is -0.320. The second-order valence-electron chi connectivity index (χ2n) is 6.22. The Labute approximate surface area is 113 Å². The first kappa shape index (κ1) is 16.0. The Morgan fingerprint density at radius 3 is 1.28 bits per heavy atom. The molecule has 0 aromatic heterocycles. The Hall–Kier alpha value is -0.0800. The van der Waals surface area contributed by atoms with E-state index in [1.807, 2.05) is 0 Å². The van der Waals surface area contributed by atoms with Gasteiger partial charge in [0.15, 0.2) is 5.79 Å². The van der Waals surface area contributed by atoms with Crippen LogP contribution in [0.5, 0.6) is 0 Å². The molecular formula is C16H32O2. The van der Waals surface area contributed by atoms with Crippen molar-refractivity contribution in [1.29, 1.82) is 0 Å². The van der Waals surface area contributed by atoms with Crippen molar-refractivity contribution < 1.29 is 9.47 Å². The molecule has 0 aromatic carbocycles. The molecule has 1 aliphatic carbocycles. The summed E-state index contributed by atoms with van der Waals surface area (Å²) in [5, 5.41) is 0. The minimum absolute atomic E-state index is 0.242. The van der Waals surface area contributed by atoms with Crippen LogP contribution >= 0.6 is 0 Å². The molecule has 1 fully saturated rings. The highest BCUT2D eigenvalue weighted by Crippen LogP contribution is 2.32. The standard InChI is InChI=1S/C16H32O2/c1-14(2)17-16(18-15(3)4)12-10-8-6-5-7-9-11-13-16/h14-15H,5-13H2,1-4H3. The van der Waals surface area contributed by atoms with Crippen LogP contribution in [0.25, 0.3) is 0 Å². The van der Waals surface area contributed by atoms with Crippen molar-refractivity contribution in [1.82, 2.24) is 0 Å². The largest absolute Gasteiger partial charge is 0.347 e. The number of hydrogen-bond donors (Lipinski definition) is 0. The van der Waals surface area contributed by atoms with Crippen molar-refractivity contribution in [3.63, 3.8) is 0 Å². The first-order chi connectivity index (χ1) is 8.54. The van der Waals surface area contributed by atoms with Crippen LogP contribution in [0.1, 0.15) is 85.5 Å². The maximum absolute atomic E-state index is 6.20. The fraction of sp³-hybridized carbons (Fsp3) is 1.00. The lowest BCUT2D eigenvalue weighted by Crippen LogP contribution is -2.40. The molecule has 0 heterocycles. The molecule has 0 amide bonds. The van der Waals surface area contributed by atoms with E-state index in [4.69, 9.17) is 9.47 Å². The van der Waals surface area contributed by atoms with Gasteiger partial charge in [-0.3, -0.25) is 0 Å². The van der Waals surface area contributed by atoms with Crippen molar-refractivity contribution in [3.05, 3.63) is 0 Å². The van der Waals surface area contributed by atoms with E-state index in [9.17, 15) is 0 Å². The van der Waals surface area contributed by atoms with Gasteiger partial charge in [0.05, 0.1) is 12.2 Å². The Kier molecular flexibility index (Phi) is 7.25. The summed E-state index contributed by atoms with van der Waals surface area (Å²) in [6, 6.07) is 0. The molecule has 0 atom stereocenters. The molecule has 1 aliphatic rings. The summed E-state index contributed by atoms with van der Waals surface area (Å²) in [6.45, 7) is 8.46. The Balaban J connectivity index is 2.66. The predicted octanol–water partition coefficient (Wildman–Crippen LogP) is 5.06. The molecule has 0 N–H and O–H groups in total. The molecule has 2 nitrogen and oxygen atoms in total. The minimum atomic E-state index is -0.320. The molecule has 108 valence electrons. The highest BCUT2D eigenvalue weighted by atomic mass is 16.7. The fourth-order valence-corrected chi connectivity index (χ4v) is 2.92. The van der Waals surface area contributed by atoms with Crippen molar-refractivity contribution in [2.24, 2.45) is 0 Å². The van der Waals surface area contributed by atoms with E-state index in [-0.39, 0.29) is 18.0 Å². The molecule has 2 heteroatoms. The predicted molar refractivity (Wildman–Crippen MR) is 76.7 cm³/mol. The Morgan fingerprint density at radius 1 is 0.611 bits per heavy atom. The second kappa shape index (κ2) is 8.16. The quantitative estimate of drug-likeness (QED) is 0.655. The van der Waals surface area contributed by atoms with Crippen LogP contribution in [0.15, 0.2) is 0 Å². The smallest absolute Gasteiger partial charge is 0.168 e. The summed E-state index contributed by atoms with van der Waals surface area (Å²) in [5.41, 5.74) is 0. The van der Waals surface area contributed by atoms with Gasteiger partial charge < -0.3 is 9.47 Å². The van der Waals surface area contributed by atoms with Crippen molar-refractivity contribution >= 4 is 0 Å². The lowest BCUT2D eigenvalue weighted by molar-refractivity contribution is -0.276. The summed E-state index contributed by atoms with van der Waals surface area (Å²) in [6.07, 6.45) is 11.9. The van der Waals surface area contributed by atoms with Crippen LogP contribution in [-0.4, -0.2) is 18.0 Å². The van der Waals surface area contributed by atoms with E-state index < -0.39 is 0 Å². The van der Waals surface area contributed by atoms with Gasteiger partial charge in [0.25, 0.3) is 0 Å². The van der Waals surface area contributed by atoms with Crippen molar-refractivity contribution in [3.8, 4) is 0 Å². The lowest BCUT2D eigenvalue weighted by Gasteiger charge is -2.38. The van der Waals surface area contributed by atoms with E-state index in [2.05, 4.69) is 27.7 Å². The minimum Gasteiger partial charge on any atom is -0.347 e. The van der Waals surface area contributed by atoms with Crippen LogP contribution in [0.3, 0.4) is 0 Å². The topological polar surface area (TPSA) is 18.5 Å². The molecule has 18 heavy (non-hydrogen) atoms. The molecule has 0 unspecified atom stereocenters. The normalized spacial score (nSPS) is 22.3. The molecule has 1 saturated carbocycles. The molecule has 0 saturated heterocycles. The monoisotopic (exact) mass is 256 g/mol. The van der Waals surface area contributed by atoms with Gasteiger partial charge in [-0.15, -0.1) is 0 Å². The summed E-state index contributed by atoms with van der Waals surface area (Å²) in [7, 11) is 0.